The number of nitrogens with zero attached hydrogens (tertiary/aromatic N) is 2. The number of ether oxygens (including phenoxy) is 1. The third-order valence-electron chi connectivity index (χ3n) is 5.41. The molecule has 1 saturated heterocycles. The standard InChI is InChI=1S/C24H20FN3O2/c25-19-8-6-16(7-9-19)18-13-21(27-14-18)24(29)28-12-10-20(15-28)30-22-5-1-3-17-4-2-11-26-23(17)22/h1-9,11,13-14,20,27H,10,12,15H2/t20-/m0/s1. The third-order valence-corrected chi connectivity index (χ3v) is 5.41. The van der Waals surface area contributed by atoms with Crippen LogP contribution in [0.15, 0.2) is 73.1 Å². The van der Waals surface area contributed by atoms with Crippen LogP contribution in [-0.4, -0.2) is 40.0 Å². The van der Waals surface area contributed by atoms with Gasteiger partial charge in [-0.05, 0) is 41.5 Å². The highest BCUT2D eigenvalue weighted by molar-refractivity contribution is 5.94. The van der Waals surface area contributed by atoms with Crippen molar-refractivity contribution in [3.05, 3.63) is 84.6 Å². The number of aromatic nitrogens is 2. The molecule has 6 heteroatoms. The van der Waals surface area contributed by atoms with Gasteiger partial charge in [-0.15, -0.1) is 0 Å². The molecule has 0 unspecified atom stereocenters. The number of carbonyl (C=O) groups excluding carboxylic acids is 1. The molecule has 0 radical (unpaired) electrons. The van der Waals surface area contributed by atoms with Crippen LogP contribution in [-0.2, 0) is 0 Å². The maximum Gasteiger partial charge on any atom is 0.270 e. The molecule has 0 bridgehead atoms. The van der Waals surface area contributed by atoms with Gasteiger partial charge in [0.2, 0.25) is 0 Å². The number of nitrogens with one attached hydrogen (secondary N) is 1. The zero-order chi connectivity index (χ0) is 20.5. The normalized spacial score (nSPS) is 16.2. The lowest BCUT2D eigenvalue weighted by Gasteiger charge is -2.17. The molecule has 1 atom stereocenters. The molecule has 1 N–H and O–H groups in total. The molecular weight excluding hydrogens is 381 g/mol. The second kappa shape index (κ2) is 7.63. The monoisotopic (exact) mass is 401 g/mol. The number of rotatable bonds is 4. The summed E-state index contributed by atoms with van der Waals surface area (Å²) in [7, 11) is 0. The summed E-state index contributed by atoms with van der Waals surface area (Å²) in [6.07, 6.45) is 4.21. The van der Waals surface area contributed by atoms with Gasteiger partial charge in [0.1, 0.15) is 28.9 Å². The van der Waals surface area contributed by atoms with E-state index in [2.05, 4.69) is 9.97 Å². The first-order valence-electron chi connectivity index (χ1n) is 9.91. The Hall–Kier alpha value is -3.67. The fourth-order valence-electron chi connectivity index (χ4n) is 3.86. The van der Waals surface area contributed by atoms with Gasteiger partial charge in [0.25, 0.3) is 5.91 Å². The molecule has 0 spiro atoms. The van der Waals surface area contributed by atoms with Gasteiger partial charge in [-0.2, -0.15) is 0 Å². The van der Waals surface area contributed by atoms with Gasteiger partial charge in [-0.25, -0.2) is 4.39 Å². The number of hydrogen-bond donors (Lipinski definition) is 1. The summed E-state index contributed by atoms with van der Waals surface area (Å²) >= 11 is 0. The number of halogens is 1. The molecule has 150 valence electrons. The van der Waals surface area contributed by atoms with Crippen molar-refractivity contribution in [2.75, 3.05) is 13.1 Å². The van der Waals surface area contributed by atoms with Crippen molar-refractivity contribution in [1.82, 2.24) is 14.9 Å². The van der Waals surface area contributed by atoms with Gasteiger partial charge in [-0.3, -0.25) is 9.78 Å². The van der Waals surface area contributed by atoms with Crippen LogP contribution in [0.2, 0.25) is 0 Å². The minimum absolute atomic E-state index is 0.0643. The highest BCUT2D eigenvalue weighted by atomic mass is 19.1. The van der Waals surface area contributed by atoms with E-state index >= 15 is 0 Å². The second-order valence-electron chi connectivity index (χ2n) is 7.42. The number of carbonyl (C=O) groups is 1. The van der Waals surface area contributed by atoms with Crippen LogP contribution in [0.25, 0.3) is 22.0 Å². The maximum atomic E-state index is 13.1. The minimum atomic E-state index is -0.282. The Labute approximate surface area is 173 Å². The van der Waals surface area contributed by atoms with Gasteiger partial charge in [0, 0.05) is 30.7 Å². The average molecular weight is 401 g/mol. The van der Waals surface area contributed by atoms with E-state index in [1.807, 2.05) is 30.3 Å². The SMILES string of the molecule is O=C(c1cc(-c2ccc(F)cc2)c[nH]1)N1CC[C@H](Oc2cccc3cccnc23)C1. The van der Waals surface area contributed by atoms with E-state index < -0.39 is 0 Å². The first kappa shape index (κ1) is 18.4. The van der Waals surface area contributed by atoms with Crippen molar-refractivity contribution in [3.63, 3.8) is 0 Å². The Morgan fingerprint density at radius 3 is 2.80 bits per heavy atom. The van der Waals surface area contributed by atoms with Crippen LogP contribution in [0, 0.1) is 5.82 Å². The van der Waals surface area contributed by atoms with Crippen molar-refractivity contribution in [2.24, 2.45) is 0 Å². The molecule has 1 fully saturated rings. The van der Waals surface area contributed by atoms with Crippen LogP contribution < -0.4 is 4.74 Å². The van der Waals surface area contributed by atoms with Crippen LogP contribution in [0.1, 0.15) is 16.9 Å². The van der Waals surface area contributed by atoms with Crippen molar-refractivity contribution in [3.8, 4) is 16.9 Å². The fourth-order valence-corrected chi connectivity index (χ4v) is 3.86. The summed E-state index contributed by atoms with van der Waals surface area (Å²) in [5.74, 6) is 0.395. The van der Waals surface area contributed by atoms with Crippen LogP contribution in [0.3, 0.4) is 0 Å². The molecule has 3 heterocycles. The Kier molecular flexibility index (Phi) is 4.67. The van der Waals surface area contributed by atoms with Crippen molar-refractivity contribution >= 4 is 16.8 Å². The number of benzene rings is 2. The zero-order valence-electron chi connectivity index (χ0n) is 16.2. The first-order valence-corrected chi connectivity index (χ1v) is 9.91. The number of amides is 1. The average Bonchev–Trinajstić information content (AvgIpc) is 3.44. The summed E-state index contributed by atoms with van der Waals surface area (Å²) in [4.78, 5) is 22.2. The van der Waals surface area contributed by atoms with E-state index in [-0.39, 0.29) is 17.8 Å². The quantitative estimate of drug-likeness (QED) is 0.541. The number of likely N-dealkylation sites (tertiary alicyclic amines) is 1. The summed E-state index contributed by atoms with van der Waals surface area (Å²) in [6, 6.07) is 17.8. The van der Waals surface area contributed by atoms with Crippen LogP contribution >= 0.6 is 0 Å². The summed E-state index contributed by atoms with van der Waals surface area (Å²) < 4.78 is 19.3. The zero-order valence-corrected chi connectivity index (χ0v) is 16.2. The smallest absolute Gasteiger partial charge is 0.270 e. The number of fused-ring (bicyclic) bond motifs is 1. The lowest BCUT2D eigenvalue weighted by atomic mass is 10.1. The Morgan fingerprint density at radius 2 is 1.93 bits per heavy atom. The number of aromatic amines is 1. The van der Waals surface area contributed by atoms with Gasteiger partial charge in [0.15, 0.2) is 0 Å². The van der Waals surface area contributed by atoms with Crippen LogP contribution in [0.5, 0.6) is 5.75 Å². The predicted octanol–water partition coefficient (Wildman–Crippen LogP) is 4.66. The summed E-state index contributed by atoms with van der Waals surface area (Å²) in [5.41, 5.74) is 3.06. The lowest BCUT2D eigenvalue weighted by molar-refractivity contribution is 0.0767. The van der Waals surface area contributed by atoms with E-state index in [1.54, 1.807) is 35.5 Å². The molecule has 30 heavy (non-hydrogen) atoms. The van der Waals surface area contributed by atoms with E-state index in [0.717, 1.165) is 34.2 Å². The molecular formula is C24H20FN3O2. The molecule has 1 aliphatic heterocycles. The molecule has 1 aliphatic rings. The molecule has 5 nitrogen and oxygen atoms in total. The van der Waals surface area contributed by atoms with Crippen molar-refractivity contribution in [1.29, 1.82) is 0 Å². The number of H-pyrrole nitrogens is 1. The Bertz CT molecular complexity index is 1200. The van der Waals surface area contributed by atoms with E-state index in [0.29, 0.717) is 18.8 Å². The molecule has 5 rings (SSSR count). The number of hydrogen-bond acceptors (Lipinski definition) is 3. The molecule has 4 aromatic rings. The van der Waals surface area contributed by atoms with Gasteiger partial charge in [-0.1, -0.05) is 30.3 Å². The molecule has 2 aromatic heterocycles. The third kappa shape index (κ3) is 3.52. The highest BCUT2D eigenvalue weighted by Crippen LogP contribution is 2.27. The largest absolute Gasteiger partial charge is 0.486 e. The molecule has 1 amide bonds. The first-order chi connectivity index (χ1) is 14.7. The highest BCUT2D eigenvalue weighted by Gasteiger charge is 2.29. The Morgan fingerprint density at radius 1 is 1.10 bits per heavy atom. The minimum Gasteiger partial charge on any atom is -0.486 e. The number of para-hydroxylation sites is 1. The van der Waals surface area contributed by atoms with Crippen LogP contribution in [0.4, 0.5) is 4.39 Å². The Balaban J connectivity index is 1.28. The van der Waals surface area contributed by atoms with Gasteiger partial charge < -0.3 is 14.6 Å². The molecule has 2 aromatic carbocycles. The summed E-state index contributed by atoms with van der Waals surface area (Å²) in [6.45, 7) is 1.15. The molecule has 0 saturated carbocycles. The topological polar surface area (TPSA) is 58.2 Å². The number of pyridine rings is 1. The lowest BCUT2D eigenvalue weighted by Crippen LogP contribution is -2.31. The summed E-state index contributed by atoms with van der Waals surface area (Å²) in [5, 5.41) is 1.03. The van der Waals surface area contributed by atoms with E-state index in [4.69, 9.17) is 4.74 Å². The second-order valence-corrected chi connectivity index (χ2v) is 7.42. The van der Waals surface area contributed by atoms with E-state index in [9.17, 15) is 9.18 Å². The van der Waals surface area contributed by atoms with E-state index in [1.165, 1.54) is 12.1 Å². The van der Waals surface area contributed by atoms with Crippen molar-refractivity contribution in [2.45, 2.75) is 12.5 Å². The maximum absolute atomic E-state index is 13.1. The van der Waals surface area contributed by atoms with Gasteiger partial charge >= 0.3 is 0 Å². The molecule has 0 aliphatic carbocycles. The van der Waals surface area contributed by atoms with Gasteiger partial charge in [0.05, 0.1) is 6.54 Å². The van der Waals surface area contributed by atoms with Crippen molar-refractivity contribution < 1.29 is 13.9 Å². The fraction of sp³-hybridized carbons (Fsp3) is 0.167. The predicted molar refractivity (Wildman–Crippen MR) is 113 cm³/mol.